The van der Waals surface area contributed by atoms with Crippen LogP contribution >= 0.6 is 11.6 Å². The lowest BCUT2D eigenvalue weighted by Crippen LogP contribution is -2.12. The van der Waals surface area contributed by atoms with Crippen LogP contribution in [0, 0.1) is 0 Å². The van der Waals surface area contributed by atoms with Crippen molar-refractivity contribution in [1.82, 2.24) is 10.2 Å². The van der Waals surface area contributed by atoms with E-state index in [1.807, 2.05) is 0 Å². The third kappa shape index (κ3) is 3.78. The maximum Gasteiger partial charge on any atom is 0.256 e. The lowest BCUT2D eigenvalue weighted by atomic mass is 10.2. The Hall–Kier alpha value is -3.32. The van der Waals surface area contributed by atoms with E-state index < -0.39 is 5.91 Å². The number of amides is 1. The molecule has 0 radical (unpaired) electrons. The molecule has 0 saturated heterocycles. The second-order valence-corrected chi connectivity index (χ2v) is 5.55. The molecule has 1 amide bonds. The largest absolute Gasteiger partial charge is 0.507 e. The molecule has 0 spiro atoms. The summed E-state index contributed by atoms with van der Waals surface area (Å²) in [6.45, 7) is 0. The zero-order valence-corrected chi connectivity index (χ0v) is 13.7. The predicted octanol–water partition coefficient (Wildman–Crippen LogP) is 3.36. The van der Waals surface area contributed by atoms with Crippen LogP contribution in [0.2, 0.25) is 5.02 Å². The number of aromatic amines is 1. The lowest BCUT2D eigenvalue weighted by Gasteiger charge is -2.05. The Bertz CT molecular complexity index is 952. The van der Waals surface area contributed by atoms with Crippen LogP contribution in [0.3, 0.4) is 0 Å². The summed E-state index contributed by atoms with van der Waals surface area (Å²) in [7, 11) is 0. The highest BCUT2D eigenvalue weighted by atomic mass is 35.5. The molecule has 7 nitrogen and oxygen atoms in total. The Labute approximate surface area is 148 Å². The molecule has 0 aliphatic heterocycles. The maximum absolute atomic E-state index is 11.8. The monoisotopic (exact) mass is 355 g/mol. The normalized spacial score (nSPS) is 10.9. The fraction of sp³-hybridized carbons (Fsp3) is 0. The van der Waals surface area contributed by atoms with Gasteiger partial charge in [-0.25, -0.2) is 4.99 Å². The molecule has 1 aromatic heterocycles. The van der Waals surface area contributed by atoms with Crippen molar-refractivity contribution in [3.8, 4) is 5.75 Å². The van der Waals surface area contributed by atoms with E-state index >= 15 is 0 Å². The third-order valence-corrected chi connectivity index (χ3v) is 3.59. The molecule has 0 saturated carbocycles. The van der Waals surface area contributed by atoms with E-state index in [0.717, 1.165) is 0 Å². The molecular formula is C17H14ClN5O2. The molecule has 2 aromatic carbocycles. The SMILES string of the molecule is NC(=O)c1c(N=Cc2ccccc2O)n[nH]c1Nc1cccc(Cl)c1. The van der Waals surface area contributed by atoms with E-state index in [9.17, 15) is 9.90 Å². The van der Waals surface area contributed by atoms with Gasteiger partial charge in [0.1, 0.15) is 17.1 Å². The highest BCUT2D eigenvalue weighted by Crippen LogP contribution is 2.27. The third-order valence-electron chi connectivity index (χ3n) is 3.35. The first-order chi connectivity index (χ1) is 12.0. The topological polar surface area (TPSA) is 116 Å². The Kier molecular flexibility index (Phi) is 4.67. The van der Waals surface area contributed by atoms with Crippen molar-refractivity contribution in [2.45, 2.75) is 0 Å². The van der Waals surface area contributed by atoms with Crippen LogP contribution in [-0.2, 0) is 0 Å². The number of aromatic nitrogens is 2. The van der Waals surface area contributed by atoms with Gasteiger partial charge >= 0.3 is 0 Å². The molecule has 5 N–H and O–H groups in total. The molecule has 0 aliphatic rings. The molecular weight excluding hydrogens is 342 g/mol. The van der Waals surface area contributed by atoms with Crippen molar-refractivity contribution in [3.05, 3.63) is 64.7 Å². The Morgan fingerprint density at radius 3 is 2.80 bits per heavy atom. The number of benzene rings is 2. The van der Waals surface area contributed by atoms with E-state index in [-0.39, 0.29) is 17.1 Å². The quantitative estimate of drug-likeness (QED) is 0.525. The predicted molar refractivity (Wildman–Crippen MR) is 97.2 cm³/mol. The van der Waals surface area contributed by atoms with Gasteiger partial charge in [0.15, 0.2) is 5.82 Å². The molecule has 8 heteroatoms. The first-order valence-electron chi connectivity index (χ1n) is 7.27. The van der Waals surface area contributed by atoms with Crippen LogP contribution in [0.15, 0.2) is 53.5 Å². The average Bonchev–Trinajstić information content (AvgIpc) is 2.97. The van der Waals surface area contributed by atoms with Gasteiger partial charge in [0.2, 0.25) is 0 Å². The van der Waals surface area contributed by atoms with Crippen molar-refractivity contribution in [2.24, 2.45) is 10.7 Å². The minimum atomic E-state index is -0.692. The zero-order valence-electron chi connectivity index (χ0n) is 12.9. The number of hydrogen-bond donors (Lipinski definition) is 4. The summed E-state index contributed by atoms with van der Waals surface area (Å²) in [4.78, 5) is 16.0. The van der Waals surface area contributed by atoms with Crippen LogP contribution in [0.5, 0.6) is 5.75 Å². The highest BCUT2D eigenvalue weighted by molar-refractivity contribution is 6.30. The first-order valence-corrected chi connectivity index (χ1v) is 7.65. The second-order valence-electron chi connectivity index (χ2n) is 5.11. The number of nitrogens with one attached hydrogen (secondary N) is 2. The van der Waals surface area contributed by atoms with Crippen molar-refractivity contribution < 1.29 is 9.90 Å². The Morgan fingerprint density at radius 1 is 1.28 bits per heavy atom. The van der Waals surface area contributed by atoms with Gasteiger partial charge in [-0.15, -0.1) is 0 Å². The van der Waals surface area contributed by atoms with Gasteiger partial charge < -0.3 is 16.2 Å². The molecule has 0 unspecified atom stereocenters. The molecule has 3 aromatic rings. The summed E-state index contributed by atoms with van der Waals surface area (Å²) >= 11 is 5.95. The maximum atomic E-state index is 11.8. The van der Waals surface area contributed by atoms with Crippen molar-refractivity contribution >= 4 is 41.0 Å². The minimum Gasteiger partial charge on any atom is -0.507 e. The number of phenolic OH excluding ortho intramolecular Hbond substituents is 1. The fourth-order valence-electron chi connectivity index (χ4n) is 2.19. The fourth-order valence-corrected chi connectivity index (χ4v) is 2.38. The molecule has 0 fully saturated rings. The smallest absolute Gasteiger partial charge is 0.256 e. The number of halogens is 1. The standard InChI is InChI=1S/C17H14ClN5O2/c18-11-5-3-6-12(8-11)21-17-14(15(19)25)16(22-23-17)20-9-10-4-1-2-7-13(10)24/h1-9,24H,(H2,19,25)(H2,21,22,23). The van der Waals surface area contributed by atoms with Gasteiger partial charge in [-0.1, -0.05) is 29.8 Å². The van der Waals surface area contributed by atoms with Gasteiger partial charge in [-0.05, 0) is 30.3 Å². The zero-order chi connectivity index (χ0) is 17.8. The van der Waals surface area contributed by atoms with E-state index in [1.165, 1.54) is 12.3 Å². The number of aliphatic imine (C=N–C) groups is 1. The number of nitrogens with zero attached hydrogens (tertiary/aromatic N) is 2. The van der Waals surface area contributed by atoms with Crippen molar-refractivity contribution in [2.75, 3.05) is 5.32 Å². The molecule has 3 rings (SSSR count). The van der Waals surface area contributed by atoms with Gasteiger partial charge in [0.05, 0.1) is 0 Å². The number of H-pyrrole nitrogens is 1. The van der Waals surface area contributed by atoms with E-state index in [2.05, 4.69) is 20.5 Å². The molecule has 0 aliphatic carbocycles. The minimum absolute atomic E-state index is 0.0692. The number of para-hydroxylation sites is 1. The van der Waals surface area contributed by atoms with Crippen LogP contribution in [-0.4, -0.2) is 27.4 Å². The summed E-state index contributed by atoms with van der Waals surface area (Å²) in [5, 5.41) is 20.0. The number of aromatic hydroxyl groups is 1. The molecule has 25 heavy (non-hydrogen) atoms. The average molecular weight is 356 g/mol. The number of hydrogen-bond acceptors (Lipinski definition) is 5. The summed E-state index contributed by atoms with van der Waals surface area (Å²) in [5.74, 6) is -0.207. The van der Waals surface area contributed by atoms with Crippen LogP contribution in [0.4, 0.5) is 17.3 Å². The summed E-state index contributed by atoms with van der Waals surface area (Å²) < 4.78 is 0. The number of anilines is 2. The Balaban J connectivity index is 1.92. The molecule has 0 atom stereocenters. The van der Waals surface area contributed by atoms with Gasteiger partial charge in [-0.2, -0.15) is 5.10 Å². The number of nitrogens with two attached hydrogens (primary N) is 1. The molecule has 1 heterocycles. The number of primary amides is 1. The van der Waals surface area contributed by atoms with Crippen molar-refractivity contribution in [3.63, 3.8) is 0 Å². The van der Waals surface area contributed by atoms with E-state index in [1.54, 1.807) is 42.5 Å². The number of phenols is 1. The van der Waals surface area contributed by atoms with Gasteiger partial charge in [-0.3, -0.25) is 9.89 Å². The van der Waals surface area contributed by atoms with Crippen LogP contribution in [0.1, 0.15) is 15.9 Å². The lowest BCUT2D eigenvalue weighted by molar-refractivity contribution is 0.100. The molecule has 126 valence electrons. The van der Waals surface area contributed by atoms with Gasteiger partial charge in [0, 0.05) is 22.5 Å². The number of carbonyl (C=O) groups is 1. The van der Waals surface area contributed by atoms with Crippen LogP contribution in [0.25, 0.3) is 0 Å². The van der Waals surface area contributed by atoms with Gasteiger partial charge in [0.25, 0.3) is 5.91 Å². The van der Waals surface area contributed by atoms with E-state index in [0.29, 0.717) is 22.1 Å². The van der Waals surface area contributed by atoms with E-state index in [4.69, 9.17) is 17.3 Å². The second kappa shape index (κ2) is 7.06. The summed E-state index contributed by atoms with van der Waals surface area (Å²) in [6, 6.07) is 13.6. The summed E-state index contributed by atoms with van der Waals surface area (Å²) in [5.41, 5.74) is 6.71. The first kappa shape index (κ1) is 16.5. The summed E-state index contributed by atoms with van der Waals surface area (Å²) in [6.07, 6.45) is 1.40. The Morgan fingerprint density at radius 2 is 2.08 bits per heavy atom. The number of rotatable bonds is 5. The van der Waals surface area contributed by atoms with Crippen molar-refractivity contribution in [1.29, 1.82) is 0 Å². The number of carbonyl (C=O) groups excluding carboxylic acids is 1. The molecule has 0 bridgehead atoms. The highest BCUT2D eigenvalue weighted by Gasteiger charge is 2.18. The van der Waals surface area contributed by atoms with Crippen LogP contribution < -0.4 is 11.1 Å².